The van der Waals surface area contributed by atoms with Crippen LogP contribution in [0.1, 0.15) is 43.6 Å². The molecule has 0 spiro atoms. The quantitative estimate of drug-likeness (QED) is 0.0904. The minimum Gasteiger partial charge on any atom is -0.486 e. The number of nitrogens with zero attached hydrogens (tertiary/aromatic N) is 2. The van der Waals surface area contributed by atoms with Crippen LogP contribution in [0.3, 0.4) is 0 Å². The number of rotatable bonds is 9. The van der Waals surface area contributed by atoms with Gasteiger partial charge < -0.3 is 18.5 Å². The minimum atomic E-state index is -0.556. The van der Waals surface area contributed by atoms with Gasteiger partial charge in [0.1, 0.15) is 23.9 Å². The van der Waals surface area contributed by atoms with Crippen LogP contribution in [0.2, 0.25) is 5.02 Å². The Morgan fingerprint density at radius 1 is 0.927 bits per heavy atom. The molecule has 0 atom stereocenters. The molecule has 0 saturated heterocycles. The van der Waals surface area contributed by atoms with E-state index in [9.17, 15) is 9.59 Å². The van der Waals surface area contributed by atoms with E-state index in [1.54, 1.807) is 54.6 Å². The van der Waals surface area contributed by atoms with Gasteiger partial charge in [0.05, 0.1) is 11.8 Å². The van der Waals surface area contributed by atoms with Crippen molar-refractivity contribution in [3.8, 4) is 17.2 Å². The van der Waals surface area contributed by atoms with Gasteiger partial charge >= 0.3 is 11.9 Å². The third-order valence-electron chi connectivity index (χ3n) is 6.19. The van der Waals surface area contributed by atoms with Gasteiger partial charge in [0.2, 0.25) is 0 Å². The number of carbonyl (C=O) groups excluding carboxylic acids is 2. The molecule has 5 aromatic rings. The summed E-state index contributed by atoms with van der Waals surface area (Å²) >= 11 is 6.11. The van der Waals surface area contributed by atoms with Gasteiger partial charge in [0.15, 0.2) is 5.76 Å². The summed E-state index contributed by atoms with van der Waals surface area (Å²) in [6.07, 6.45) is 1.34. The average molecular weight is 568 g/mol. The number of hydrogen-bond donors (Lipinski definition) is 1. The summed E-state index contributed by atoms with van der Waals surface area (Å²) in [5.41, 5.74) is 6.57. The van der Waals surface area contributed by atoms with Crippen molar-refractivity contribution >= 4 is 29.7 Å². The lowest BCUT2D eigenvalue weighted by Gasteiger charge is -2.10. The molecule has 5 rings (SSSR count). The molecule has 0 aliphatic carbocycles. The first kappa shape index (κ1) is 27.5. The number of esters is 1. The highest BCUT2D eigenvalue weighted by Crippen LogP contribution is 2.23. The number of hydrazone groups is 1. The maximum absolute atomic E-state index is 12.6. The highest BCUT2D eigenvalue weighted by molar-refractivity contribution is 6.31. The third-order valence-corrected chi connectivity index (χ3v) is 6.42. The lowest BCUT2D eigenvalue weighted by atomic mass is 10.2. The van der Waals surface area contributed by atoms with E-state index in [4.69, 9.17) is 25.5 Å². The number of benzene rings is 3. The lowest BCUT2D eigenvalue weighted by Crippen LogP contribution is -2.17. The summed E-state index contributed by atoms with van der Waals surface area (Å²) in [6, 6.07) is 28.4. The SMILES string of the molecule is Cc1ccc(C)n1-c1ccc(OCc2ccc(C(=O)N/N=C/c3cc(Cl)ccc3OC(=O)c3ccccc3)o2)cc1. The zero-order valence-electron chi connectivity index (χ0n) is 22.3. The average Bonchev–Trinajstić information content (AvgIpc) is 3.60. The van der Waals surface area contributed by atoms with Crippen molar-refractivity contribution in [3.63, 3.8) is 0 Å². The van der Waals surface area contributed by atoms with Crippen molar-refractivity contribution in [1.29, 1.82) is 0 Å². The first-order valence-corrected chi connectivity index (χ1v) is 13.1. The minimum absolute atomic E-state index is 0.0662. The maximum atomic E-state index is 12.6. The Morgan fingerprint density at radius 2 is 1.66 bits per heavy atom. The van der Waals surface area contributed by atoms with Crippen LogP contribution in [0.5, 0.6) is 11.5 Å². The van der Waals surface area contributed by atoms with Crippen LogP contribution in [-0.4, -0.2) is 22.7 Å². The van der Waals surface area contributed by atoms with Crippen LogP contribution in [0.4, 0.5) is 0 Å². The molecule has 0 aliphatic rings. The molecule has 0 radical (unpaired) electrons. The van der Waals surface area contributed by atoms with E-state index in [1.807, 2.05) is 24.3 Å². The molecule has 0 saturated carbocycles. The number of carbonyl (C=O) groups is 2. The Bertz CT molecular complexity index is 1690. The Hall–Kier alpha value is -5.08. The summed E-state index contributed by atoms with van der Waals surface area (Å²) < 4.78 is 19.1. The number of aryl methyl sites for hydroxylation is 2. The molecule has 0 fully saturated rings. The summed E-state index contributed by atoms with van der Waals surface area (Å²) in [6.45, 7) is 4.27. The highest BCUT2D eigenvalue weighted by Gasteiger charge is 2.13. The van der Waals surface area contributed by atoms with E-state index < -0.39 is 11.9 Å². The predicted molar refractivity (Wildman–Crippen MR) is 156 cm³/mol. The number of ether oxygens (including phenoxy) is 2. The standard InChI is InChI=1S/C32H26ClN3O5/c1-21-8-9-22(2)36(21)26-11-13-27(14-12-26)39-20-28-15-17-30(40-28)31(37)35-34-19-24-18-25(33)10-16-29(24)41-32(38)23-6-4-3-5-7-23/h3-19H,20H2,1-2H3,(H,35,37)/b34-19+. The summed E-state index contributed by atoms with van der Waals surface area (Å²) in [7, 11) is 0. The molecule has 0 unspecified atom stereocenters. The van der Waals surface area contributed by atoms with E-state index in [1.165, 1.54) is 12.3 Å². The van der Waals surface area contributed by atoms with Crippen LogP contribution in [-0.2, 0) is 6.61 Å². The van der Waals surface area contributed by atoms with Crippen molar-refractivity contribution in [2.45, 2.75) is 20.5 Å². The number of aromatic nitrogens is 1. The number of hydrogen-bond acceptors (Lipinski definition) is 6. The second kappa shape index (κ2) is 12.4. The second-order valence-corrected chi connectivity index (χ2v) is 9.57. The Labute approximate surface area is 241 Å². The fourth-order valence-electron chi connectivity index (χ4n) is 4.16. The van der Waals surface area contributed by atoms with Gasteiger partial charge in [0, 0.05) is 27.7 Å². The topological polar surface area (TPSA) is 95.1 Å². The molecule has 2 aromatic heterocycles. The van der Waals surface area contributed by atoms with Gasteiger partial charge in [-0.2, -0.15) is 5.10 Å². The van der Waals surface area contributed by atoms with Crippen LogP contribution in [0.15, 0.2) is 107 Å². The van der Waals surface area contributed by atoms with E-state index >= 15 is 0 Å². The van der Waals surface area contributed by atoms with Gasteiger partial charge in [-0.3, -0.25) is 4.79 Å². The smallest absolute Gasteiger partial charge is 0.343 e. The third kappa shape index (κ3) is 6.74. The largest absolute Gasteiger partial charge is 0.486 e. The van der Waals surface area contributed by atoms with E-state index in [0.717, 1.165) is 17.1 Å². The van der Waals surface area contributed by atoms with Crippen molar-refractivity contribution in [1.82, 2.24) is 9.99 Å². The monoisotopic (exact) mass is 567 g/mol. The van der Waals surface area contributed by atoms with Crippen LogP contribution in [0.25, 0.3) is 5.69 Å². The van der Waals surface area contributed by atoms with E-state index in [0.29, 0.717) is 27.7 Å². The zero-order valence-corrected chi connectivity index (χ0v) is 23.1. The molecule has 8 nitrogen and oxygen atoms in total. The molecule has 1 N–H and O–H groups in total. The van der Waals surface area contributed by atoms with Crippen LogP contribution >= 0.6 is 11.6 Å². The van der Waals surface area contributed by atoms with Crippen molar-refractivity contribution in [3.05, 3.63) is 136 Å². The first-order valence-electron chi connectivity index (χ1n) is 12.7. The molecule has 0 bridgehead atoms. The second-order valence-electron chi connectivity index (χ2n) is 9.14. The Kier molecular flexibility index (Phi) is 8.31. The molecule has 2 heterocycles. The van der Waals surface area contributed by atoms with Crippen LogP contribution in [0, 0.1) is 13.8 Å². The van der Waals surface area contributed by atoms with E-state index in [-0.39, 0.29) is 18.1 Å². The molecule has 3 aromatic carbocycles. The Balaban J connectivity index is 1.17. The predicted octanol–water partition coefficient (Wildman–Crippen LogP) is 6.90. The lowest BCUT2D eigenvalue weighted by molar-refractivity contribution is 0.0734. The van der Waals surface area contributed by atoms with Gasteiger partial charge in [0.25, 0.3) is 0 Å². The van der Waals surface area contributed by atoms with Crippen molar-refractivity contribution < 1.29 is 23.5 Å². The Morgan fingerprint density at radius 3 is 2.39 bits per heavy atom. The number of amides is 1. The summed E-state index contributed by atoms with van der Waals surface area (Å²) in [4.78, 5) is 25.0. The molecule has 1 amide bonds. The van der Waals surface area contributed by atoms with E-state index in [2.05, 4.69) is 41.1 Å². The summed E-state index contributed by atoms with van der Waals surface area (Å²) in [5.74, 6) is 0.374. The molecular formula is C32H26ClN3O5. The van der Waals surface area contributed by atoms with Gasteiger partial charge in [-0.1, -0.05) is 29.8 Å². The van der Waals surface area contributed by atoms with Crippen LogP contribution < -0.4 is 14.9 Å². The number of nitrogens with one attached hydrogen (secondary N) is 1. The fraction of sp³-hybridized carbons (Fsp3) is 0.0938. The van der Waals surface area contributed by atoms with Gasteiger partial charge in [-0.25, -0.2) is 10.2 Å². The molecule has 0 aliphatic heterocycles. The normalized spacial score (nSPS) is 11.0. The van der Waals surface area contributed by atoms with Gasteiger partial charge in [-0.05, 0) is 92.7 Å². The molecule has 9 heteroatoms. The van der Waals surface area contributed by atoms with Crippen molar-refractivity contribution in [2.24, 2.45) is 5.10 Å². The fourth-order valence-corrected chi connectivity index (χ4v) is 4.34. The first-order chi connectivity index (χ1) is 19.9. The van der Waals surface area contributed by atoms with Gasteiger partial charge in [-0.15, -0.1) is 0 Å². The van der Waals surface area contributed by atoms with Crippen molar-refractivity contribution in [2.75, 3.05) is 0 Å². The number of halogens is 1. The molecule has 41 heavy (non-hydrogen) atoms. The maximum Gasteiger partial charge on any atom is 0.343 e. The molecular weight excluding hydrogens is 542 g/mol. The number of furan rings is 1. The summed E-state index contributed by atoms with van der Waals surface area (Å²) in [5, 5.41) is 4.39. The molecule has 206 valence electrons. The zero-order chi connectivity index (χ0) is 28.8. The highest BCUT2D eigenvalue weighted by atomic mass is 35.5.